The molecule has 4 rings (SSSR count). The van der Waals surface area contributed by atoms with Gasteiger partial charge in [-0.25, -0.2) is 9.97 Å². The Kier molecular flexibility index (Phi) is 5.89. The maximum atomic E-state index is 12.1. The van der Waals surface area contributed by atoms with Crippen molar-refractivity contribution in [2.45, 2.75) is 65.6 Å². The van der Waals surface area contributed by atoms with Crippen LogP contribution in [0.3, 0.4) is 0 Å². The lowest BCUT2D eigenvalue weighted by Gasteiger charge is -2.17. The summed E-state index contributed by atoms with van der Waals surface area (Å²) in [6, 6.07) is 1.65. The Balaban J connectivity index is 1.55. The molecule has 3 heterocycles. The second kappa shape index (κ2) is 8.61. The summed E-state index contributed by atoms with van der Waals surface area (Å²) in [6.07, 6.45) is 13.7. The van der Waals surface area contributed by atoms with E-state index in [1.165, 1.54) is 32.0 Å². The third-order valence-electron chi connectivity index (χ3n) is 5.92. The van der Waals surface area contributed by atoms with Crippen LogP contribution in [0.1, 0.15) is 58.9 Å². The van der Waals surface area contributed by atoms with E-state index < -0.39 is 5.41 Å². The largest absolute Gasteiger partial charge is 0.443 e. The SMILES string of the molecule is CC(C)(C)C(=O)OCn1ccc2c(-c3cnn([C@H](C=O)CC4CCCC4)c3)ncnc21. The second-order valence-electron chi connectivity index (χ2n) is 9.35. The molecule has 0 aromatic carbocycles. The van der Waals surface area contributed by atoms with E-state index in [9.17, 15) is 9.59 Å². The van der Waals surface area contributed by atoms with Crippen LogP contribution in [0.25, 0.3) is 22.3 Å². The minimum atomic E-state index is -0.564. The predicted molar refractivity (Wildman–Crippen MR) is 116 cm³/mol. The Hall–Kier alpha value is -3.03. The number of carbonyl (C=O) groups excluding carboxylic acids is 2. The highest BCUT2D eigenvalue weighted by Gasteiger charge is 2.24. The van der Waals surface area contributed by atoms with E-state index in [0.29, 0.717) is 11.6 Å². The lowest BCUT2D eigenvalue weighted by Crippen LogP contribution is -2.23. The molecule has 1 aliphatic carbocycles. The molecule has 1 atom stereocenters. The van der Waals surface area contributed by atoms with Gasteiger partial charge in [-0.05, 0) is 39.2 Å². The number of hydrogen-bond donors (Lipinski definition) is 0. The molecule has 0 bridgehead atoms. The molecule has 1 aliphatic rings. The first-order valence-corrected chi connectivity index (χ1v) is 10.8. The summed E-state index contributed by atoms with van der Waals surface area (Å²) in [5.41, 5.74) is 1.68. The third-order valence-corrected chi connectivity index (χ3v) is 5.92. The van der Waals surface area contributed by atoms with Gasteiger partial charge in [0.25, 0.3) is 0 Å². The number of hydrogen-bond acceptors (Lipinski definition) is 6. The summed E-state index contributed by atoms with van der Waals surface area (Å²) >= 11 is 0. The van der Waals surface area contributed by atoms with E-state index in [4.69, 9.17) is 4.74 Å². The Morgan fingerprint density at radius 2 is 2.06 bits per heavy atom. The van der Waals surface area contributed by atoms with Crippen molar-refractivity contribution in [1.82, 2.24) is 24.3 Å². The summed E-state index contributed by atoms with van der Waals surface area (Å²) in [7, 11) is 0. The van der Waals surface area contributed by atoms with Gasteiger partial charge in [0.05, 0.1) is 17.3 Å². The Morgan fingerprint density at radius 3 is 2.77 bits per heavy atom. The van der Waals surface area contributed by atoms with E-state index in [-0.39, 0.29) is 18.7 Å². The smallest absolute Gasteiger partial charge is 0.312 e. The van der Waals surface area contributed by atoms with Crippen LogP contribution < -0.4 is 0 Å². The van der Waals surface area contributed by atoms with Crippen LogP contribution in [-0.2, 0) is 21.1 Å². The van der Waals surface area contributed by atoms with Gasteiger partial charge in [0, 0.05) is 23.3 Å². The predicted octanol–water partition coefficient (Wildman–Crippen LogP) is 4.16. The van der Waals surface area contributed by atoms with Crippen molar-refractivity contribution in [3.8, 4) is 11.3 Å². The van der Waals surface area contributed by atoms with Crippen LogP contribution in [0.4, 0.5) is 0 Å². The molecule has 0 unspecified atom stereocenters. The van der Waals surface area contributed by atoms with Gasteiger partial charge in [-0.2, -0.15) is 5.10 Å². The van der Waals surface area contributed by atoms with Crippen LogP contribution in [0.2, 0.25) is 0 Å². The molecule has 1 saturated carbocycles. The van der Waals surface area contributed by atoms with Gasteiger partial charge in [-0.3, -0.25) is 14.0 Å². The average molecular weight is 424 g/mol. The van der Waals surface area contributed by atoms with Crippen molar-refractivity contribution in [3.05, 3.63) is 31.0 Å². The number of carbonyl (C=O) groups is 2. The molecule has 0 amide bonds. The maximum Gasteiger partial charge on any atom is 0.312 e. The first kappa shape index (κ1) is 21.2. The standard InChI is InChI=1S/C23H29N5O3/c1-23(2,3)22(30)31-15-27-9-8-19-20(24-14-25-21(19)27)17-11-26-28(12-17)18(13-29)10-16-6-4-5-7-16/h8-9,11-14,16,18H,4-7,10,15H2,1-3H3/t18-/m0/s1. The molecule has 164 valence electrons. The van der Waals surface area contributed by atoms with Gasteiger partial charge in [0.15, 0.2) is 6.73 Å². The van der Waals surface area contributed by atoms with Crippen LogP contribution >= 0.6 is 0 Å². The number of rotatable bonds is 7. The zero-order valence-corrected chi connectivity index (χ0v) is 18.3. The van der Waals surface area contributed by atoms with E-state index in [2.05, 4.69) is 15.1 Å². The molecule has 1 fully saturated rings. The summed E-state index contributed by atoms with van der Waals surface area (Å²) in [4.78, 5) is 32.6. The maximum absolute atomic E-state index is 12.1. The molecule has 0 saturated heterocycles. The van der Waals surface area contributed by atoms with Crippen molar-refractivity contribution in [2.75, 3.05) is 0 Å². The van der Waals surface area contributed by atoms with Crippen molar-refractivity contribution in [3.63, 3.8) is 0 Å². The Morgan fingerprint density at radius 1 is 1.29 bits per heavy atom. The van der Waals surface area contributed by atoms with Gasteiger partial charge in [-0.1, -0.05) is 25.7 Å². The van der Waals surface area contributed by atoms with Gasteiger partial charge in [0.1, 0.15) is 24.3 Å². The van der Waals surface area contributed by atoms with Gasteiger partial charge in [-0.15, -0.1) is 0 Å². The molecule has 0 N–H and O–H groups in total. The first-order chi connectivity index (χ1) is 14.9. The van der Waals surface area contributed by atoms with Crippen molar-refractivity contribution < 1.29 is 14.3 Å². The van der Waals surface area contributed by atoms with Crippen molar-refractivity contribution in [2.24, 2.45) is 11.3 Å². The van der Waals surface area contributed by atoms with Gasteiger partial charge >= 0.3 is 5.97 Å². The normalized spacial score (nSPS) is 16.0. The van der Waals surface area contributed by atoms with E-state index >= 15 is 0 Å². The summed E-state index contributed by atoms with van der Waals surface area (Å²) < 4.78 is 8.95. The number of ether oxygens (including phenoxy) is 1. The molecule has 3 aromatic rings. The molecule has 0 radical (unpaired) electrons. The van der Waals surface area contributed by atoms with E-state index in [1.54, 1.807) is 15.4 Å². The number of aldehydes is 1. The molecule has 8 heteroatoms. The molecular formula is C23H29N5O3. The van der Waals surface area contributed by atoms with Gasteiger partial charge in [0.2, 0.25) is 0 Å². The fourth-order valence-electron chi connectivity index (χ4n) is 4.14. The minimum absolute atomic E-state index is 0.0872. The van der Waals surface area contributed by atoms with Crippen LogP contribution in [0.5, 0.6) is 0 Å². The molecule has 3 aromatic heterocycles. The Bertz CT molecular complexity index is 1070. The Labute approximate surface area is 181 Å². The van der Waals surface area contributed by atoms with Crippen molar-refractivity contribution in [1.29, 1.82) is 0 Å². The topological polar surface area (TPSA) is 91.9 Å². The number of nitrogens with zero attached hydrogens (tertiary/aromatic N) is 5. The molecule has 31 heavy (non-hydrogen) atoms. The highest BCUT2D eigenvalue weighted by Crippen LogP contribution is 2.32. The minimum Gasteiger partial charge on any atom is -0.443 e. The molecule has 0 aliphatic heterocycles. The summed E-state index contributed by atoms with van der Waals surface area (Å²) in [6.45, 7) is 5.55. The fraction of sp³-hybridized carbons (Fsp3) is 0.522. The zero-order valence-electron chi connectivity index (χ0n) is 18.3. The zero-order chi connectivity index (χ0) is 22.0. The van der Waals surface area contributed by atoms with E-state index in [1.807, 2.05) is 39.2 Å². The molecule has 0 spiro atoms. The van der Waals surface area contributed by atoms with Crippen LogP contribution in [0.15, 0.2) is 31.0 Å². The fourth-order valence-corrected chi connectivity index (χ4v) is 4.14. The quantitative estimate of drug-likeness (QED) is 0.418. The van der Waals surface area contributed by atoms with Crippen LogP contribution in [0, 0.1) is 11.3 Å². The molecular weight excluding hydrogens is 394 g/mol. The second-order valence-corrected chi connectivity index (χ2v) is 9.35. The summed E-state index contributed by atoms with van der Waals surface area (Å²) in [5.74, 6) is 0.325. The number of fused-ring (bicyclic) bond motifs is 1. The lowest BCUT2D eigenvalue weighted by atomic mass is 9.98. The monoisotopic (exact) mass is 423 g/mol. The average Bonchev–Trinajstić information content (AvgIpc) is 3.50. The highest BCUT2D eigenvalue weighted by molar-refractivity contribution is 5.90. The van der Waals surface area contributed by atoms with Crippen LogP contribution in [-0.4, -0.2) is 36.6 Å². The lowest BCUT2D eigenvalue weighted by molar-refractivity contribution is -0.156. The third kappa shape index (κ3) is 4.52. The first-order valence-electron chi connectivity index (χ1n) is 10.8. The highest BCUT2D eigenvalue weighted by atomic mass is 16.5. The van der Waals surface area contributed by atoms with Gasteiger partial charge < -0.3 is 9.53 Å². The van der Waals surface area contributed by atoms with Crippen molar-refractivity contribution >= 4 is 23.3 Å². The van der Waals surface area contributed by atoms with E-state index in [0.717, 1.165) is 29.4 Å². The molecule has 8 nitrogen and oxygen atoms in total. The number of aromatic nitrogens is 5. The number of esters is 1. The summed E-state index contributed by atoms with van der Waals surface area (Å²) in [5, 5.41) is 5.29.